The predicted molar refractivity (Wildman–Crippen MR) is 87.7 cm³/mol. The summed E-state index contributed by atoms with van der Waals surface area (Å²) in [6.07, 6.45) is 8.83. The quantitative estimate of drug-likeness (QED) is 0.570. The van der Waals surface area contributed by atoms with Crippen molar-refractivity contribution in [2.45, 2.75) is 64.9 Å². The molecule has 1 heterocycles. The first-order valence-electron chi connectivity index (χ1n) is 7.98. The van der Waals surface area contributed by atoms with E-state index in [4.69, 9.17) is 0 Å². The van der Waals surface area contributed by atoms with Crippen molar-refractivity contribution in [3.8, 4) is 0 Å². The lowest BCUT2D eigenvalue weighted by molar-refractivity contribution is -0.0988. The monoisotopic (exact) mass is 287 g/mol. The second-order valence-corrected chi connectivity index (χ2v) is 8.35. The molecule has 1 fully saturated rings. The van der Waals surface area contributed by atoms with Crippen LogP contribution in [0.5, 0.6) is 0 Å². The molecule has 1 aliphatic heterocycles. The van der Waals surface area contributed by atoms with Gasteiger partial charge in [-0.15, -0.1) is 8.58 Å². The van der Waals surface area contributed by atoms with Crippen molar-refractivity contribution in [3.63, 3.8) is 0 Å². The Balaban J connectivity index is 2.14. The molecule has 0 saturated carbocycles. The third-order valence-corrected chi connectivity index (χ3v) is 5.58. The largest absolute Gasteiger partial charge is 0.389 e. The first-order valence-corrected chi connectivity index (χ1v) is 9.69. The summed E-state index contributed by atoms with van der Waals surface area (Å²) in [7, 11) is 1.12. The summed E-state index contributed by atoms with van der Waals surface area (Å²) in [5.41, 5.74) is -0.439. The molecule has 114 valence electrons. The molecule has 1 rings (SSSR count). The summed E-state index contributed by atoms with van der Waals surface area (Å²) in [5.74, 6) is 0. The minimum atomic E-state index is -0.453. The molecule has 0 aromatic carbocycles. The van der Waals surface area contributed by atoms with Gasteiger partial charge in [0.05, 0.1) is 5.60 Å². The normalized spacial score (nSPS) is 21.3. The molecule has 1 unspecified atom stereocenters. The summed E-state index contributed by atoms with van der Waals surface area (Å²) in [6, 6.07) is 0. The van der Waals surface area contributed by atoms with Gasteiger partial charge in [-0.05, 0) is 50.5 Å². The third kappa shape index (κ3) is 5.69. The Hall–Kier alpha value is 0.350. The average molecular weight is 287 g/mol. The number of likely N-dealkylation sites (tertiary alicyclic amines) is 1. The van der Waals surface area contributed by atoms with Crippen LogP contribution in [0.2, 0.25) is 0 Å². The second-order valence-electron chi connectivity index (χ2n) is 7.14. The molecular weight excluding hydrogens is 253 g/mol. The highest BCUT2D eigenvalue weighted by Gasteiger charge is 2.41. The molecule has 19 heavy (non-hydrogen) atoms. The molecule has 0 radical (unpaired) electrons. The van der Waals surface area contributed by atoms with Crippen LogP contribution in [0.1, 0.15) is 59.3 Å². The number of hydrogen-bond acceptors (Lipinski definition) is 2. The summed E-state index contributed by atoms with van der Waals surface area (Å²) >= 11 is 0. The summed E-state index contributed by atoms with van der Waals surface area (Å²) < 4.78 is 0. The molecule has 0 spiro atoms. The Morgan fingerprint density at radius 1 is 1.05 bits per heavy atom. The molecule has 3 heteroatoms. The zero-order valence-electron chi connectivity index (χ0n) is 13.5. The first kappa shape index (κ1) is 17.4. The summed E-state index contributed by atoms with van der Waals surface area (Å²) in [4.78, 5) is 2.54. The van der Waals surface area contributed by atoms with Crippen molar-refractivity contribution in [2.75, 3.05) is 32.5 Å². The highest BCUT2D eigenvalue weighted by atomic mass is 31.1. The fraction of sp³-hybridized carbons (Fsp3) is 1.00. The highest BCUT2D eigenvalue weighted by molar-refractivity contribution is 7.36. The molecule has 0 amide bonds. The zero-order valence-corrected chi connectivity index (χ0v) is 14.5. The Morgan fingerprint density at radius 2 is 1.63 bits per heavy atom. The first-order chi connectivity index (χ1) is 8.89. The van der Waals surface area contributed by atoms with Crippen molar-refractivity contribution >= 4 is 8.58 Å². The van der Waals surface area contributed by atoms with Crippen LogP contribution in [0.3, 0.4) is 0 Å². The molecule has 0 aliphatic carbocycles. The predicted octanol–water partition coefficient (Wildman–Crippen LogP) is 3.73. The van der Waals surface area contributed by atoms with E-state index in [0.29, 0.717) is 0 Å². The number of hydrogen-bond donors (Lipinski definition) is 1. The van der Waals surface area contributed by atoms with Crippen molar-refractivity contribution in [1.82, 2.24) is 4.90 Å². The molecule has 0 aromatic heterocycles. The smallest absolute Gasteiger partial charge is 0.0720 e. The Kier molecular flexibility index (Phi) is 7.29. The maximum atomic E-state index is 10.7. The number of piperidine rings is 1. The molecule has 0 bridgehead atoms. The van der Waals surface area contributed by atoms with Gasteiger partial charge in [-0.3, -0.25) is 0 Å². The van der Waals surface area contributed by atoms with Gasteiger partial charge >= 0.3 is 0 Å². The molecule has 1 atom stereocenters. The Morgan fingerprint density at radius 3 is 2.16 bits per heavy atom. The van der Waals surface area contributed by atoms with Gasteiger partial charge in [0.15, 0.2) is 0 Å². The topological polar surface area (TPSA) is 23.5 Å². The van der Waals surface area contributed by atoms with E-state index in [0.717, 1.165) is 34.5 Å². The number of aliphatic hydroxyl groups is 1. The maximum absolute atomic E-state index is 10.7. The van der Waals surface area contributed by atoms with Gasteiger partial charge in [0.2, 0.25) is 0 Å². The van der Waals surface area contributed by atoms with Crippen LogP contribution in [-0.2, 0) is 0 Å². The van der Waals surface area contributed by atoms with E-state index < -0.39 is 5.60 Å². The maximum Gasteiger partial charge on any atom is 0.0720 e. The SMILES string of the molecule is CPCCCCCCN1CCC(O)(C(C)(C)C)CC1. The second kappa shape index (κ2) is 7.96. The number of rotatable bonds is 7. The highest BCUT2D eigenvalue weighted by Crippen LogP contribution is 2.38. The van der Waals surface area contributed by atoms with Crippen LogP contribution in [0, 0.1) is 5.41 Å². The van der Waals surface area contributed by atoms with Crippen molar-refractivity contribution in [2.24, 2.45) is 5.41 Å². The van der Waals surface area contributed by atoms with Crippen LogP contribution < -0.4 is 0 Å². The van der Waals surface area contributed by atoms with Crippen molar-refractivity contribution in [3.05, 3.63) is 0 Å². The van der Waals surface area contributed by atoms with Crippen LogP contribution in [0.25, 0.3) is 0 Å². The lowest BCUT2D eigenvalue weighted by Gasteiger charge is -2.46. The van der Waals surface area contributed by atoms with Crippen LogP contribution in [-0.4, -0.2) is 48.1 Å². The van der Waals surface area contributed by atoms with Gasteiger partial charge in [0, 0.05) is 13.1 Å². The van der Waals surface area contributed by atoms with E-state index in [-0.39, 0.29) is 5.41 Å². The van der Waals surface area contributed by atoms with E-state index in [1.807, 2.05) is 0 Å². The van der Waals surface area contributed by atoms with Crippen molar-refractivity contribution < 1.29 is 5.11 Å². The van der Waals surface area contributed by atoms with Crippen molar-refractivity contribution in [1.29, 1.82) is 0 Å². The number of unbranched alkanes of at least 4 members (excludes halogenated alkanes) is 3. The van der Waals surface area contributed by atoms with Crippen LogP contribution in [0.4, 0.5) is 0 Å². The lowest BCUT2D eigenvalue weighted by Crippen LogP contribution is -2.51. The number of nitrogens with zero attached hydrogens (tertiary/aromatic N) is 1. The third-order valence-electron chi connectivity index (χ3n) is 4.73. The lowest BCUT2D eigenvalue weighted by atomic mass is 9.71. The molecule has 0 aromatic rings. The molecule has 2 nitrogen and oxygen atoms in total. The van der Waals surface area contributed by atoms with Crippen LogP contribution >= 0.6 is 8.58 Å². The fourth-order valence-corrected chi connectivity index (χ4v) is 3.49. The minimum absolute atomic E-state index is 0.0139. The fourth-order valence-electron chi connectivity index (χ4n) is 2.89. The molecule has 1 N–H and O–H groups in total. The van der Waals surface area contributed by atoms with Gasteiger partial charge in [0.1, 0.15) is 0 Å². The minimum Gasteiger partial charge on any atom is -0.389 e. The van der Waals surface area contributed by atoms with E-state index in [2.05, 4.69) is 32.3 Å². The summed E-state index contributed by atoms with van der Waals surface area (Å²) in [6.45, 7) is 12.2. The van der Waals surface area contributed by atoms with Gasteiger partial charge in [-0.25, -0.2) is 0 Å². The van der Waals surface area contributed by atoms with E-state index in [9.17, 15) is 5.11 Å². The molecule has 1 saturated heterocycles. The van der Waals surface area contributed by atoms with Gasteiger partial charge in [-0.2, -0.15) is 0 Å². The van der Waals surface area contributed by atoms with Gasteiger partial charge < -0.3 is 10.0 Å². The van der Waals surface area contributed by atoms with E-state index >= 15 is 0 Å². The molecular formula is C16H34NOP. The van der Waals surface area contributed by atoms with Gasteiger partial charge in [-0.1, -0.05) is 33.6 Å². The molecule has 1 aliphatic rings. The average Bonchev–Trinajstić information content (AvgIpc) is 2.34. The van der Waals surface area contributed by atoms with Gasteiger partial charge in [0.25, 0.3) is 0 Å². The van der Waals surface area contributed by atoms with Crippen LogP contribution in [0.15, 0.2) is 0 Å². The summed E-state index contributed by atoms with van der Waals surface area (Å²) in [5, 5.41) is 10.7. The zero-order chi connectivity index (χ0) is 14.4. The Labute approximate surface area is 122 Å². The standard InChI is InChI=1S/C16H34NOP/c1-15(2,3)16(18)9-12-17(13-10-16)11-7-5-6-8-14-19-4/h18-19H,5-14H2,1-4H3. The van der Waals surface area contributed by atoms with E-state index in [1.165, 1.54) is 38.4 Å². The Bertz CT molecular complexity index is 242. The van der Waals surface area contributed by atoms with E-state index in [1.54, 1.807) is 0 Å².